The molecule has 0 radical (unpaired) electrons. The van der Waals surface area contributed by atoms with E-state index >= 15 is 0 Å². The van der Waals surface area contributed by atoms with Crippen LogP contribution >= 0.6 is 0 Å². The molecule has 0 spiro atoms. The van der Waals surface area contributed by atoms with Crippen molar-refractivity contribution in [1.82, 2.24) is 4.98 Å². The van der Waals surface area contributed by atoms with Gasteiger partial charge in [0.1, 0.15) is 11.9 Å². The van der Waals surface area contributed by atoms with Gasteiger partial charge in [0.05, 0.1) is 6.10 Å². The predicted molar refractivity (Wildman–Crippen MR) is 91.0 cm³/mol. The highest BCUT2D eigenvalue weighted by Crippen LogP contribution is 2.36. The van der Waals surface area contributed by atoms with E-state index in [9.17, 15) is 0 Å². The lowest BCUT2D eigenvalue weighted by Gasteiger charge is -2.24. The topological polar surface area (TPSA) is 31.4 Å². The third kappa shape index (κ3) is 3.05. The van der Waals surface area contributed by atoms with Gasteiger partial charge >= 0.3 is 0 Å². The van der Waals surface area contributed by atoms with Crippen LogP contribution in [0.2, 0.25) is 0 Å². The molecule has 0 amide bonds. The van der Waals surface area contributed by atoms with Gasteiger partial charge in [0.25, 0.3) is 0 Å². The molecule has 2 aliphatic rings. The van der Waals surface area contributed by atoms with E-state index in [1.807, 2.05) is 12.3 Å². The van der Waals surface area contributed by atoms with E-state index in [4.69, 9.17) is 9.47 Å². The quantitative estimate of drug-likeness (QED) is 0.817. The number of aromatic nitrogens is 1. The van der Waals surface area contributed by atoms with Crippen molar-refractivity contribution in [2.75, 3.05) is 0 Å². The van der Waals surface area contributed by atoms with Crippen LogP contribution in [0.15, 0.2) is 36.5 Å². The normalized spacial score (nSPS) is 20.8. The van der Waals surface area contributed by atoms with Gasteiger partial charge in [-0.25, -0.2) is 4.98 Å². The number of nitrogens with zero attached hydrogens (tertiary/aromatic N) is 1. The average molecular weight is 309 g/mol. The molecule has 23 heavy (non-hydrogen) atoms. The molecule has 4 rings (SSSR count). The summed E-state index contributed by atoms with van der Waals surface area (Å²) in [6.45, 7) is 2.13. The van der Waals surface area contributed by atoms with Crippen LogP contribution in [0.25, 0.3) is 11.1 Å². The highest BCUT2D eigenvalue weighted by molar-refractivity contribution is 5.70. The zero-order chi connectivity index (χ0) is 15.6. The summed E-state index contributed by atoms with van der Waals surface area (Å²) in [4.78, 5) is 4.49. The number of fused-ring (bicyclic) bond motifs is 1. The lowest BCUT2D eigenvalue weighted by molar-refractivity contribution is 0.192. The third-order valence-electron chi connectivity index (χ3n) is 4.87. The van der Waals surface area contributed by atoms with Crippen molar-refractivity contribution in [1.29, 1.82) is 0 Å². The second-order valence-electron chi connectivity index (χ2n) is 6.67. The van der Waals surface area contributed by atoms with Gasteiger partial charge in [0.15, 0.2) is 0 Å². The summed E-state index contributed by atoms with van der Waals surface area (Å²) in [6.07, 6.45) is 9.42. The van der Waals surface area contributed by atoms with Crippen LogP contribution in [0.4, 0.5) is 0 Å². The monoisotopic (exact) mass is 309 g/mol. The highest BCUT2D eigenvalue weighted by Gasteiger charge is 2.20. The molecule has 1 unspecified atom stereocenters. The van der Waals surface area contributed by atoms with E-state index in [1.54, 1.807) is 0 Å². The summed E-state index contributed by atoms with van der Waals surface area (Å²) < 4.78 is 12.1. The summed E-state index contributed by atoms with van der Waals surface area (Å²) >= 11 is 0. The minimum atomic E-state index is 0.313. The lowest BCUT2D eigenvalue weighted by Crippen LogP contribution is -2.18. The Morgan fingerprint density at radius 1 is 1.13 bits per heavy atom. The summed E-state index contributed by atoms with van der Waals surface area (Å²) in [6, 6.07) is 10.5. The molecule has 0 saturated heterocycles. The summed E-state index contributed by atoms with van der Waals surface area (Å²) in [5.74, 6) is 1.79. The van der Waals surface area contributed by atoms with Gasteiger partial charge in [-0.3, -0.25) is 0 Å². The molecule has 0 bridgehead atoms. The fourth-order valence-electron chi connectivity index (χ4n) is 3.56. The molecule has 3 nitrogen and oxygen atoms in total. The highest BCUT2D eigenvalue weighted by atomic mass is 16.5. The van der Waals surface area contributed by atoms with E-state index < -0.39 is 0 Å². The largest absolute Gasteiger partial charge is 0.490 e. The maximum Gasteiger partial charge on any atom is 0.221 e. The van der Waals surface area contributed by atoms with Crippen LogP contribution in [0.1, 0.15) is 44.6 Å². The van der Waals surface area contributed by atoms with Gasteiger partial charge < -0.3 is 9.47 Å². The second kappa shape index (κ2) is 6.23. The summed E-state index contributed by atoms with van der Waals surface area (Å²) in [7, 11) is 0. The number of pyridine rings is 1. The molecule has 1 aromatic carbocycles. The first kappa shape index (κ1) is 14.6. The van der Waals surface area contributed by atoms with Gasteiger partial charge in [-0.2, -0.15) is 0 Å². The van der Waals surface area contributed by atoms with Crippen LogP contribution in [0.3, 0.4) is 0 Å². The van der Waals surface area contributed by atoms with Crippen molar-refractivity contribution >= 4 is 0 Å². The first-order chi connectivity index (χ1) is 11.3. The molecular weight excluding hydrogens is 286 g/mol. The van der Waals surface area contributed by atoms with Crippen molar-refractivity contribution in [3.8, 4) is 22.8 Å². The standard InChI is InChI=1S/C20H23NO2/c1-14-8-9-16-13-15(10-11-19(16)22-14)18-7-4-12-21-20(18)23-17-5-2-3-6-17/h4,7,10-14,17H,2-3,5-6,8-9H2,1H3. The first-order valence-electron chi connectivity index (χ1n) is 8.71. The van der Waals surface area contributed by atoms with E-state index in [-0.39, 0.29) is 0 Å². The van der Waals surface area contributed by atoms with Crippen LogP contribution in [0.5, 0.6) is 11.6 Å². The second-order valence-corrected chi connectivity index (χ2v) is 6.67. The Labute approximate surface area is 137 Å². The minimum absolute atomic E-state index is 0.313. The van der Waals surface area contributed by atoms with E-state index in [0.29, 0.717) is 12.2 Å². The molecule has 1 aromatic heterocycles. The number of rotatable bonds is 3. The zero-order valence-electron chi connectivity index (χ0n) is 13.6. The van der Waals surface area contributed by atoms with Crippen LogP contribution in [-0.4, -0.2) is 17.2 Å². The van der Waals surface area contributed by atoms with Crippen LogP contribution < -0.4 is 9.47 Å². The Bertz CT molecular complexity index is 692. The molecule has 2 aromatic rings. The Balaban J connectivity index is 1.65. The first-order valence-corrected chi connectivity index (χ1v) is 8.71. The van der Waals surface area contributed by atoms with Crippen molar-refractivity contribution in [2.24, 2.45) is 0 Å². The predicted octanol–water partition coefficient (Wildman–Crippen LogP) is 4.78. The zero-order valence-corrected chi connectivity index (χ0v) is 13.6. The molecule has 0 N–H and O–H groups in total. The maximum absolute atomic E-state index is 6.18. The smallest absolute Gasteiger partial charge is 0.221 e. The van der Waals surface area contributed by atoms with Gasteiger partial charge in [0, 0.05) is 11.8 Å². The fourth-order valence-corrected chi connectivity index (χ4v) is 3.56. The van der Waals surface area contributed by atoms with Crippen LogP contribution in [-0.2, 0) is 6.42 Å². The number of aryl methyl sites for hydroxylation is 1. The molecule has 120 valence electrons. The molecule has 1 fully saturated rings. The minimum Gasteiger partial charge on any atom is -0.490 e. The van der Waals surface area contributed by atoms with Gasteiger partial charge in [-0.05, 0) is 80.8 Å². The van der Waals surface area contributed by atoms with Crippen molar-refractivity contribution in [2.45, 2.75) is 57.7 Å². The Morgan fingerprint density at radius 3 is 2.87 bits per heavy atom. The number of ether oxygens (including phenoxy) is 2. The maximum atomic E-state index is 6.18. The summed E-state index contributed by atoms with van der Waals surface area (Å²) in [5, 5.41) is 0. The van der Waals surface area contributed by atoms with Gasteiger partial charge in [-0.15, -0.1) is 0 Å². The number of benzene rings is 1. The van der Waals surface area contributed by atoms with E-state index in [0.717, 1.165) is 42.9 Å². The third-order valence-corrected chi connectivity index (χ3v) is 4.87. The van der Waals surface area contributed by atoms with Crippen LogP contribution in [0, 0.1) is 0 Å². The van der Waals surface area contributed by atoms with Crippen molar-refractivity contribution in [3.63, 3.8) is 0 Å². The molecule has 1 saturated carbocycles. The molecule has 1 atom stereocenters. The van der Waals surface area contributed by atoms with Gasteiger partial charge in [0.2, 0.25) is 5.88 Å². The Hall–Kier alpha value is -2.03. The SMILES string of the molecule is CC1CCc2cc(-c3cccnc3OC3CCCC3)ccc2O1. The summed E-state index contributed by atoms with van der Waals surface area (Å²) in [5.41, 5.74) is 3.54. The molecular formula is C20H23NO2. The number of hydrogen-bond donors (Lipinski definition) is 0. The van der Waals surface area contributed by atoms with Crippen molar-refractivity contribution < 1.29 is 9.47 Å². The van der Waals surface area contributed by atoms with Gasteiger partial charge in [-0.1, -0.05) is 6.07 Å². The molecule has 2 heterocycles. The van der Waals surface area contributed by atoms with E-state index in [2.05, 4.69) is 36.2 Å². The van der Waals surface area contributed by atoms with Crippen molar-refractivity contribution in [3.05, 3.63) is 42.1 Å². The molecule has 1 aliphatic heterocycles. The Kier molecular flexibility index (Phi) is 3.94. The van der Waals surface area contributed by atoms with E-state index in [1.165, 1.54) is 24.0 Å². The molecule has 1 aliphatic carbocycles. The molecule has 3 heteroatoms. The fraction of sp³-hybridized carbons (Fsp3) is 0.450. The lowest BCUT2D eigenvalue weighted by atomic mass is 9.98. The average Bonchev–Trinajstić information content (AvgIpc) is 3.08. The Morgan fingerprint density at radius 2 is 2.00 bits per heavy atom. The number of hydrogen-bond acceptors (Lipinski definition) is 3.